The molecule has 2 aliphatic rings. The molecule has 0 bridgehead atoms. The quantitative estimate of drug-likeness (QED) is 0.837. The molecule has 1 aromatic rings. The van der Waals surface area contributed by atoms with Gasteiger partial charge in [-0.25, -0.2) is 4.39 Å². The summed E-state index contributed by atoms with van der Waals surface area (Å²) in [6, 6.07) is 5.20. The van der Waals surface area contributed by atoms with Crippen LogP contribution in [0, 0.1) is 5.82 Å². The van der Waals surface area contributed by atoms with Gasteiger partial charge in [0.2, 0.25) is 0 Å². The molecule has 3 nitrogen and oxygen atoms in total. The highest BCUT2D eigenvalue weighted by atomic mass is 35.5. The normalized spacial score (nSPS) is 20.0. The van der Waals surface area contributed by atoms with Crippen molar-refractivity contribution in [3.63, 3.8) is 0 Å². The fourth-order valence-electron chi connectivity index (χ4n) is 3.34. The number of benzene rings is 1. The van der Waals surface area contributed by atoms with Gasteiger partial charge in [-0.2, -0.15) is 0 Å². The van der Waals surface area contributed by atoms with Gasteiger partial charge < -0.3 is 10.2 Å². The van der Waals surface area contributed by atoms with Crippen LogP contribution in [0.25, 0.3) is 0 Å². The van der Waals surface area contributed by atoms with Gasteiger partial charge in [0.25, 0.3) is 0 Å². The van der Waals surface area contributed by atoms with Gasteiger partial charge in [0.15, 0.2) is 5.11 Å². The molecule has 0 spiro atoms. The molecule has 1 saturated heterocycles. The summed E-state index contributed by atoms with van der Waals surface area (Å²) in [4.78, 5) is 4.60. The zero-order chi connectivity index (χ0) is 16.2. The molecular formula is C17H23ClFN3S. The largest absolute Gasteiger partial charge is 0.360 e. The topological polar surface area (TPSA) is 18.5 Å². The Balaban J connectivity index is 1.47. The van der Waals surface area contributed by atoms with Crippen molar-refractivity contribution in [3.8, 4) is 0 Å². The van der Waals surface area contributed by atoms with E-state index in [0.717, 1.165) is 43.4 Å². The van der Waals surface area contributed by atoms with Gasteiger partial charge in [0.1, 0.15) is 5.82 Å². The van der Waals surface area contributed by atoms with Gasteiger partial charge in [-0.3, -0.25) is 4.90 Å². The Morgan fingerprint density at radius 3 is 2.57 bits per heavy atom. The maximum atomic E-state index is 13.1. The van der Waals surface area contributed by atoms with Crippen molar-refractivity contribution in [3.05, 3.63) is 34.6 Å². The van der Waals surface area contributed by atoms with Gasteiger partial charge >= 0.3 is 0 Å². The van der Waals surface area contributed by atoms with Crippen LogP contribution >= 0.6 is 23.8 Å². The average molecular weight is 356 g/mol. The summed E-state index contributed by atoms with van der Waals surface area (Å²) in [6.45, 7) is 4.50. The average Bonchev–Trinajstić information content (AvgIpc) is 3.04. The Labute approximate surface area is 147 Å². The number of halogens is 2. The van der Waals surface area contributed by atoms with Crippen LogP contribution in [-0.4, -0.2) is 47.1 Å². The maximum Gasteiger partial charge on any atom is 0.169 e. The van der Waals surface area contributed by atoms with E-state index >= 15 is 0 Å². The molecule has 1 aliphatic heterocycles. The predicted octanol–water partition coefficient (Wildman–Crippen LogP) is 3.41. The third kappa shape index (κ3) is 4.55. The first-order valence-corrected chi connectivity index (χ1v) is 9.12. The standard InChI is InChI=1S/C17H23ClFN3S/c18-16-11-14(19)6-5-13(16)12-21-7-9-22(10-8-21)17(23)20-15-3-1-2-4-15/h5-6,11,15H,1-4,7-10,12H2,(H,20,23). The predicted molar refractivity (Wildman–Crippen MR) is 96.2 cm³/mol. The molecule has 0 aromatic heterocycles. The highest BCUT2D eigenvalue weighted by Crippen LogP contribution is 2.20. The summed E-state index contributed by atoms with van der Waals surface area (Å²) in [5, 5.41) is 4.91. The van der Waals surface area contributed by atoms with E-state index in [2.05, 4.69) is 15.1 Å². The Kier molecular flexibility index (Phi) is 5.72. The first-order chi connectivity index (χ1) is 11.1. The van der Waals surface area contributed by atoms with E-state index in [-0.39, 0.29) is 5.82 Å². The molecular weight excluding hydrogens is 333 g/mol. The molecule has 0 atom stereocenters. The number of nitrogens with one attached hydrogen (secondary N) is 1. The molecule has 1 N–H and O–H groups in total. The Hall–Kier alpha value is -0.910. The molecule has 3 rings (SSSR count). The minimum absolute atomic E-state index is 0.285. The van der Waals surface area contributed by atoms with Crippen LogP contribution in [0.15, 0.2) is 18.2 Å². The van der Waals surface area contributed by atoms with Gasteiger partial charge in [-0.05, 0) is 42.8 Å². The fraction of sp³-hybridized carbons (Fsp3) is 0.588. The number of nitrogens with zero attached hydrogens (tertiary/aromatic N) is 2. The molecule has 0 unspecified atom stereocenters. The van der Waals surface area contributed by atoms with Crippen LogP contribution in [-0.2, 0) is 6.54 Å². The lowest BCUT2D eigenvalue weighted by molar-refractivity contribution is 0.174. The molecule has 1 aliphatic carbocycles. The molecule has 0 radical (unpaired) electrons. The van der Waals surface area contributed by atoms with E-state index < -0.39 is 0 Å². The van der Waals surface area contributed by atoms with Gasteiger partial charge in [-0.15, -0.1) is 0 Å². The summed E-state index contributed by atoms with van der Waals surface area (Å²) < 4.78 is 13.1. The summed E-state index contributed by atoms with van der Waals surface area (Å²) in [5.41, 5.74) is 0.980. The lowest BCUT2D eigenvalue weighted by Gasteiger charge is -2.37. The van der Waals surface area contributed by atoms with Crippen molar-refractivity contribution in [1.82, 2.24) is 15.1 Å². The zero-order valence-electron chi connectivity index (χ0n) is 13.2. The minimum Gasteiger partial charge on any atom is -0.360 e. The van der Waals surface area contributed by atoms with Crippen molar-refractivity contribution >= 4 is 28.9 Å². The monoisotopic (exact) mass is 355 g/mol. The van der Waals surface area contributed by atoms with Gasteiger partial charge in [-0.1, -0.05) is 30.5 Å². The second-order valence-corrected chi connectivity index (χ2v) is 7.22. The number of piperazine rings is 1. The van der Waals surface area contributed by atoms with E-state index in [1.807, 2.05) is 0 Å². The van der Waals surface area contributed by atoms with E-state index in [1.165, 1.54) is 37.8 Å². The SMILES string of the molecule is Fc1ccc(CN2CCN(C(=S)NC3CCCC3)CC2)c(Cl)c1. The number of thiocarbonyl (C=S) groups is 1. The summed E-state index contributed by atoms with van der Waals surface area (Å²) in [5.74, 6) is -0.285. The zero-order valence-corrected chi connectivity index (χ0v) is 14.8. The summed E-state index contributed by atoms with van der Waals surface area (Å²) in [6.07, 6.45) is 5.10. The Morgan fingerprint density at radius 1 is 1.22 bits per heavy atom. The van der Waals surface area contributed by atoms with Crippen molar-refractivity contribution < 1.29 is 4.39 Å². The van der Waals surface area contributed by atoms with Gasteiger partial charge in [0.05, 0.1) is 0 Å². The third-order valence-corrected chi connectivity index (χ3v) is 5.48. The van der Waals surface area contributed by atoms with Crippen LogP contribution < -0.4 is 5.32 Å². The minimum atomic E-state index is -0.285. The van der Waals surface area contributed by atoms with Crippen molar-refractivity contribution in [2.24, 2.45) is 0 Å². The molecule has 23 heavy (non-hydrogen) atoms. The van der Waals surface area contributed by atoms with E-state index in [9.17, 15) is 4.39 Å². The summed E-state index contributed by atoms with van der Waals surface area (Å²) >= 11 is 11.7. The highest BCUT2D eigenvalue weighted by Gasteiger charge is 2.22. The Morgan fingerprint density at radius 2 is 1.91 bits per heavy atom. The number of hydrogen-bond donors (Lipinski definition) is 1. The van der Waals surface area contributed by atoms with Crippen molar-refractivity contribution in [2.45, 2.75) is 38.3 Å². The first kappa shape index (κ1) is 16.9. The molecule has 126 valence electrons. The maximum absolute atomic E-state index is 13.1. The van der Waals surface area contributed by atoms with Crippen LogP contribution in [0.5, 0.6) is 0 Å². The van der Waals surface area contributed by atoms with Crippen LogP contribution in [0.2, 0.25) is 5.02 Å². The second-order valence-electron chi connectivity index (χ2n) is 6.43. The smallest absolute Gasteiger partial charge is 0.169 e. The first-order valence-electron chi connectivity index (χ1n) is 8.33. The fourth-order valence-corrected chi connectivity index (χ4v) is 3.91. The van der Waals surface area contributed by atoms with Gasteiger partial charge in [0, 0.05) is 43.8 Å². The van der Waals surface area contributed by atoms with Crippen LogP contribution in [0.4, 0.5) is 4.39 Å². The summed E-state index contributed by atoms with van der Waals surface area (Å²) in [7, 11) is 0. The van der Waals surface area contributed by atoms with E-state index in [0.29, 0.717) is 11.1 Å². The number of rotatable bonds is 3. The van der Waals surface area contributed by atoms with E-state index in [1.54, 1.807) is 6.07 Å². The molecule has 0 amide bonds. The lowest BCUT2D eigenvalue weighted by Crippen LogP contribution is -2.52. The Bertz CT molecular complexity index is 555. The lowest BCUT2D eigenvalue weighted by atomic mass is 10.2. The van der Waals surface area contributed by atoms with Crippen molar-refractivity contribution in [1.29, 1.82) is 0 Å². The second kappa shape index (κ2) is 7.77. The van der Waals surface area contributed by atoms with Crippen molar-refractivity contribution in [2.75, 3.05) is 26.2 Å². The third-order valence-electron chi connectivity index (χ3n) is 4.75. The molecule has 2 fully saturated rings. The van der Waals surface area contributed by atoms with Crippen LogP contribution in [0.3, 0.4) is 0 Å². The van der Waals surface area contributed by atoms with E-state index in [4.69, 9.17) is 23.8 Å². The molecule has 6 heteroatoms. The molecule has 1 heterocycles. The van der Waals surface area contributed by atoms with Crippen LogP contribution in [0.1, 0.15) is 31.2 Å². The molecule has 1 saturated carbocycles. The number of hydrogen-bond acceptors (Lipinski definition) is 2. The highest BCUT2D eigenvalue weighted by molar-refractivity contribution is 7.80. The molecule has 1 aromatic carbocycles.